The van der Waals surface area contributed by atoms with Crippen LogP contribution in [0.1, 0.15) is 64.1 Å². The van der Waals surface area contributed by atoms with Gasteiger partial charge in [0.25, 0.3) is 0 Å². The van der Waals surface area contributed by atoms with Crippen LogP contribution in [-0.2, 0) is 4.79 Å². The van der Waals surface area contributed by atoms with Crippen molar-refractivity contribution in [1.82, 2.24) is 14.9 Å². The number of ketones is 1. The number of nitrogens with one attached hydrogen (secondary N) is 1. The largest absolute Gasteiger partial charge is 0.340 e. The molecule has 1 amide bonds. The number of Topliss-reactive ketones (excluding diaryl/α,β-unsaturated/α-hetero) is 1. The van der Waals surface area contributed by atoms with Gasteiger partial charge in [0.05, 0.1) is 17.9 Å². The van der Waals surface area contributed by atoms with Gasteiger partial charge in [-0.1, -0.05) is 30.3 Å². The summed E-state index contributed by atoms with van der Waals surface area (Å²) < 4.78 is 0. The molecule has 0 radical (unpaired) electrons. The highest BCUT2D eigenvalue weighted by Gasteiger charge is 2.30. The third-order valence-electron chi connectivity index (χ3n) is 5.73. The number of H-pyrrole nitrogens is 1. The molecule has 0 saturated carbocycles. The van der Waals surface area contributed by atoms with E-state index in [1.807, 2.05) is 61.3 Å². The van der Waals surface area contributed by atoms with E-state index in [0.29, 0.717) is 0 Å². The molecule has 0 bridgehead atoms. The predicted octanol–water partition coefficient (Wildman–Crippen LogP) is 5.47. The Balaban J connectivity index is 1.44. The highest BCUT2D eigenvalue weighted by atomic mass is 32.1. The summed E-state index contributed by atoms with van der Waals surface area (Å²) in [4.78, 5) is 37.7. The van der Waals surface area contributed by atoms with Gasteiger partial charge in [-0.05, 0) is 44.7 Å². The number of aromatic amines is 1. The molecule has 5 nitrogen and oxygen atoms in total. The second-order valence-corrected chi connectivity index (χ2v) is 9.36. The van der Waals surface area contributed by atoms with E-state index in [1.54, 1.807) is 11.3 Å². The standard InChI is InChI=1S/C24H27N3O2S/c1-16-14-19(17(2)30-16)22(28)11-12-23(29)27-13-7-6-10-21(27)24-25-15-20(26-24)18-8-4-3-5-9-18/h3-5,8-9,14-15,21H,6-7,10-13H2,1-2H3,(H,25,26). The number of aromatic nitrogens is 2. The molecule has 1 aliphatic heterocycles. The Morgan fingerprint density at radius 1 is 1.17 bits per heavy atom. The maximum absolute atomic E-state index is 13.0. The van der Waals surface area contributed by atoms with E-state index in [0.717, 1.165) is 58.2 Å². The molecule has 30 heavy (non-hydrogen) atoms. The molecule has 0 aliphatic carbocycles. The van der Waals surface area contributed by atoms with Crippen LogP contribution < -0.4 is 0 Å². The molecule has 1 fully saturated rings. The van der Waals surface area contributed by atoms with Crippen molar-refractivity contribution in [2.24, 2.45) is 0 Å². The Morgan fingerprint density at radius 2 is 1.97 bits per heavy atom. The van der Waals surface area contributed by atoms with E-state index in [1.165, 1.54) is 0 Å². The first kappa shape index (κ1) is 20.5. The summed E-state index contributed by atoms with van der Waals surface area (Å²) in [6.07, 6.45) is 5.30. The lowest BCUT2D eigenvalue weighted by Gasteiger charge is -2.34. The van der Waals surface area contributed by atoms with Gasteiger partial charge in [-0.15, -0.1) is 11.3 Å². The van der Waals surface area contributed by atoms with Crippen molar-refractivity contribution in [2.45, 2.75) is 52.0 Å². The van der Waals surface area contributed by atoms with Crippen LogP contribution in [0.5, 0.6) is 0 Å². The normalized spacial score (nSPS) is 16.6. The molecular weight excluding hydrogens is 394 g/mol. The molecule has 1 atom stereocenters. The summed E-state index contributed by atoms with van der Waals surface area (Å²) in [5.74, 6) is 0.927. The fraction of sp³-hybridized carbons (Fsp3) is 0.375. The minimum absolute atomic E-state index is 0.0373. The van der Waals surface area contributed by atoms with Gasteiger partial charge in [0.15, 0.2) is 5.78 Å². The lowest BCUT2D eigenvalue weighted by molar-refractivity contribution is -0.135. The first-order valence-electron chi connectivity index (χ1n) is 10.5. The van der Waals surface area contributed by atoms with Crippen molar-refractivity contribution in [3.63, 3.8) is 0 Å². The van der Waals surface area contributed by atoms with Gasteiger partial charge in [-0.2, -0.15) is 0 Å². The number of hydrogen-bond acceptors (Lipinski definition) is 4. The number of nitrogens with zero attached hydrogens (tertiary/aromatic N) is 2. The molecule has 156 valence electrons. The molecule has 4 rings (SSSR count). The van der Waals surface area contributed by atoms with Gasteiger partial charge in [-0.25, -0.2) is 4.98 Å². The Hall–Kier alpha value is -2.73. The van der Waals surface area contributed by atoms with E-state index in [4.69, 9.17) is 0 Å². The molecule has 6 heteroatoms. The molecule has 1 aliphatic rings. The lowest BCUT2D eigenvalue weighted by Crippen LogP contribution is -2.39. The number of hydrogen-bond donors (Lipinski definition) is 1. The van der Waals surface area contributed by atoms with Gasteiger partial charge < -0.3 is 9.88 Å². The fourth-order valence-corrected chi connectivity index (χ4v) is 5.13. The van der Waals surface area contributed by atoms with Crippen molar-refractivity contribution >= 4 is 23.0 Å². The molecule has 0 spiro atoms. The Labute approximate surface area is 181 Å². The van der Waals surface area contributed by atoms with Crippen LogP contribution >= 0.6 is 11.3 Å². The number of piperidine rings is 1. The minimum atomic E-state index is -0.0519. The van der Waals surface area contributed by atoms with E-state index < -0.39 is 0 Å². The quantitative estimate of drug-likeness (QED) is 0.537. The van der Waals surface area contributed by atoms with Crippen LogP contribution in [0.2, 0.25) is 0 Å². The predicted molar refractivity (Wildman–Crippen MR) is 120 cm³/mol. The summed E-state index contributed by atoms with van der Waals surface area (Å²) in [7, 11) is 0. The number of thiophene rings is 1. The van der Waals surface area contributed by atoms with Crippen molar-refractivity contribution in [3.8, 4) is 11.3 Å². The monoisotopic (exact) mass is 421 g/mol. The van der Waals surface area contributed by atoms with Gasteiger partial charge in [0, 0.05) is 34.7 Å². The Kier molecular flexibility index (Phi) is 6.13. The van der Waals surface area contributed by atoms with E-state index in [9.17, 15) is 9.59 Å². The van der Waals surface area contributed by atoms with E-state index in [2.05, 4.69) is 9.97 Å². The molecule has 3 heterocycles. The second-order valence-electron chi connectivity index (χ2n) is 7.90. The maximum Gasteiger partial charge on any atom is 0.223 e. The van der Waals surface area contributed by atoms with E-state index >= 15 is 0 Å². The topological polar surface area (TPSA) is 66.1 Å². The Bertz CT molecular complexity index is 1040. The third kappa shape index (κ3) is 4.38. The number of carbonyl (C=O) groups is 2. The van der Waals surface area contributed by atoms with Crippen LogP contribution in [0, 0.1) is 13.8 Å². The number of amides is 1. The van der Waals surface area contributed by atoms with Crippen molar-refractivity contribution in [2.75, 3.05) is 6.54 Å². The summed E-state index contributed by atoms with van der Waals surface area (Å²) in [6, 6.07) is 12.0. The molecule has 2 aromatic heterocycles. The highest BCUT2D eigenvalue weighted by Crippen LogP contribution is 2.31. The number of imidazole rings is 1. The van der Waals surface area contributed by atoms with Gasteiger partial charge in [-0.3, -0.25) is 9.59 Å². The van der Waals surface area contributed by atoms with Crippen molar-refractivity contribution in [1.29, 1.82) is 0 Å². The first-order valence-corrected chi connectivity index (χ1v) is 11.3. The van der Waals surface area contributed by atoms with Crippen LogP contribution in [-0.4, -0.2) is 33.1 Å². The fourth-order valence-electron chi connectivity index (χ4n) is 4.19. The zero-order chi connectivity index (χ0) is 21.1. The average molecular weight is 422 g/mol. The number of rotatable bonds is 6. The van der Waals surface area contributed by atoms with Crippen LogP contribution in [0.4, 0.5) is 0 Å². The summed E-state index contributed by atoms with van der Waals surface area (Å²) >= 11 is 1.63. The summed E-state index contributed by atoms with van der Waals surface area (Å²) in [6.45, 7) is 4.69. The Morgan fingerprint density at radius 3 is 2.70 bits per heavy atom. The molecule has 1 N–H and O–H groups in total. The number of carbonyl (C=O) groups excluding carboxylic acids is 2. The summed E-state index contributed by atoms with van der Waals surface area (Å²) in [5, 5.41) is 0. The van der Waals surface area contributed by atoms with E-state index in [-0.39, 0.29) is 30.6 Å². The second kappa shape index (κ2) is 8.96. The molecule has 3 aromatic rings. The van der Waals surface area contributed by atoms with Gasteiger partial charge >= 0.3 is 0 Å². The number of benzene rings is 1. The smallest absolute Gasteiger partial charge is 0.223 e. The molecule has 1 aromatic carbocycles. The maximum atomic E-state index is 13.0. The number of aryl methyl sites for hydroxylation is 2. The number of likely N-dealkylation sites (tertiary alicyclic amines) is 1. The molecule has 1 saturated heterocycles. The third-order valence-corrected chi connectivity index (χ3v) is 6.69. The van der Waals surface area contributed by atoms with Gasteiger partial charge in [0.2, 0.25) is 5.91 Å². The lowest BCUT2D eigenvalue weighted by atomic mass is 10.00. The van der Waals surface area contributed by atoms with Gasteiger partial charge in [0.1, 0.15) is 5.82 Å². The molecular formula is C24H27N3O2S. The summed E-state index contributed by atoms with van der Waals surface area (Å²) in [5.41, 5.74) is 2.80. The van der Waals surface area contributed by atoms with Crippen LogP contribution in [0.3, 0.4) is 0 Å². The van der Waals surface area contributed by atoms with Crippen molar-refractivity contribution < 1.29 is 9.59 Å². The van der Waals surface area contributed by atoms with Crippen LogP contribution in [0.25, 0.3) is 11.3 Å². The zero-order valence-corrected chi connectivity index (χ0v) is 18.3. The minimum Gasteiger partial charge on any atom is -0.340 e. The zero-order valence-electron chi connectivity index (χ0n) is 17.5. The first-order chi connectivity index (χ1) is 14.5. The van der Waals surface area contributed by atoms with Crippen molar-refractivity contribution in [3.05, 3.63) is 63.7 Å². The highest BCUT2D eigenvalue weighted by molar-refractivity contribution is 7.12. The molecule has 1 unspecified atom stereocenters. The average Bonchev–Trinajstić information content (AvgIpc) is 3.39. The van der Waals surface area contributed by atoms with Crippen LogP contribution in [0.15, 0.2) is 42.6 Å². The SMILES string of the molecule is Cc1cc(C(=O)CCC(=O)N2CCCCC2c2ncc(-c3ccccc3)[nH]2)c(C)s1.